The van der Waals surface area contributed by atoms with Crippen LogP contribution in [0.2, 0.25) is 5.02 Å². The Balaban J connectivity index is 1.36. The van der Waals surface area contributed by atoms with E-state index in [-0.39, 0.29) is 11.7 Å². The standard InChI is InChI=1S/C20H12ClN5OS/c21-12-7-8-15(22-9-12)23-16(27)10-28-20-24-18-13-5-1-3-11-4-2-6-14(17(11)13)19(18)25-26-20/h1-9H,10H2,(H,22,23,27). The first-order valence-corrected chi connectivity index (χ1v) is 9.87. The van der Waals surface area contributed by atoms with Gasteiger partial charge >= 0.3 is 0 Å². The molecule has 0 saturated carbocycles. The molecule has 136 valence electrons. The molecule has 0 bridgehead atoms. The van der Waals surface area contributed by atoms with Crippen molar-refractivity contribution >= 4 is 45.9 Å². The van der Waals surface area contributed by atoms with Crippen molar-refractivity contribution in [2.45, 2.75) is 5.16 Å². The minimum Gasteiger partial charge on any atom is -0.310 e. The zero-order valence-electron chi connectivity index (χ0n) is 14.4. The summed E-state index contributed by atoms with van der Waals surface area (Å²) < 4.78 is 0. The number of carbonyl (C=O) groups excluding carboxylic acids is 1. The van der Waals surface area contributed by atoms with Crippen molar-refractivity contribution in [3.63, 3.8) is 0 Å². The predicted octanol–water partition coefficient (Wildman–Crippen LogP) is 4.45. The Morgan fingerprint density at radius 3 is 2.54 bits per heavy atom. The quantitative estimate of drug-likeness (QED) is 0.445. The Kier molecular flexibility index (Phi) is 4.18. The highest BCUT2D eigenvalue weighted by Gasteiger charge is 2.25. The van der Waals surface area contributed by atoms with Crippen LogP contribution in [0.1, 0.15) is 0 Å². The highest BCUT2D eigenvalue weighted by atomic mass is 35.5. The van der Waals surface area contributed by atoms with E-state index in [4.69, 9.17) is 11.6 Å². The highest BCUT2D eigenvalue weighted by molar-refractivity contribution is 7.99. The molecule has 2 heterocycles. The topological polar surface area (TPSA) is 80.7 Å². The molecule has 0 unspecified atom stereocenters. The van der Waals surface area contributed by atoms with Gasteiger partial charge in [-0.1, -0.05) is 59.8 Å². The van der Waals surface area contributed by atoms with Gasteiger partial charge in [0, 0.05) is 22.7 Å². The molecule has 8 heteroatoms. The third-order valence-corrected chi connectivity index (χ3v) is 5.47. The van der Waals surface area contributed by atoms with Crippen molar-refractivity contribution in [1.29, 1.82) is 0 Å². The summed E-state index contributed by atoms with van der Waals surface area (Å²) in [5, 5.41) is 14.6. The van der Waals surface area contributed by atoms with Crippen molar-refractivity contribution in [3.8, 4) is 22.5 Å². The lowest BCUT2D eigenvalue weighted by Gasteiger charge is -2.05. The Morgan fingerprint density at radius 2 is 1.79 bits per heavy atom. The van der Waals surface area contributed by atoms with Crippen LogP contribution >= 0.6 is 23.4 Å². The number of hydrogen-bond acceptors (Lipinski definition) is 6. The summed E-state index contributed by atoms with van der Waals surface area (Å²) in [6.07, 6.45) is 1.48. The number of fused-ring (bicyclic) bond motifs is 3. The summed E-state index contributed by atoms with van der Waals surface area (Å²) in [5.74, 6) is 0.404. The molecule has 0 atom stereocenters. The molecule has 0 spiro atoms. The number of thioether (sulfide) groups is 1. The van der Waals surface area contributed by atoms with Gasteiger partial charge in [0.2, 0.25) is 11.1 Å². The lowest BCUT2D eigenvalue weighted by Crippen LogP contribution is -2.15. The number of aromatic nitrogens is 4. The number of halogens is 1. The fraction of sp³-hybridized carbons (Fsp3) is 0.0500. The summed E-state index contributed by atoms with van der Waals surface area (Å²) in [6, 6.07) is 15.6. The monoisotopic (exact) mass is 405 g/mol. The van der Waals surface area contributed by atoms with Crippen LogP contribution in [0, 0.1) is 0 Å². The molecule has 28 heavy (non-hydrogen) atoms. The smallest absolute Gasteiger partial charge is 0.236 e. The minimum atomic E-state index is -0.200. The first-order valence-electron chi connectivity index (χ1n) is 8.50. The van der Waals surface area contributed by atoms with Crippen molar-refractivity contribution in [3.05, 3.63) is 59.8 Å². The van der Waals surface area contributed by atoms with Gasteiger partial charge in [-0.15, -0.1) is 10.2 Å². The Bertz CT molecular complexity index is 1220. The second kappa shape index (κ2) is 6.85. The Labute approximate surface area is 169 Å². The van der Waals surface area contributed by atoms with Crippen LogP contribution in [-0.4, -0.2) is 31.8 Å². The largest absolute Gasteiger partial charge is 0.310 e. The van der Waals surface area contributed by atoms with Crippen LogP contribution in [0.5, 0.6) is 0 Å². The number of nitrogens with zero attached hydrogens (tertiary/aromatic N) is 4. The maximum atomic E-state index is 12.2. The van der Waals surface area contributed by atoms with Gasteiger partial charge < -0.3 is 5.32 Å². The first kappa shape index (κ1) is 17.1. The summed E-state index contributed by atoms with van der Waals surface area (Å²) in [5.41, 5.74) is 3.69. The van der Waals surface area contributed by atoms with Gasteiger partial charge in [0.05, 0.1) is 10.8 Å². The summed E-state index contributed by atoms with van der Waals surface area (Å²) in [6.45, 7) is 0. The van der Waals surface area contributed by atoms with E-state index in [1.165, 1.54) is 18.0 Å². The number of carbonyl (C=O) groups is 1. The van der Waals surface area contributed by atoms with Gasteiger partial charge in [-0.3, -0.25) is 4.79 Å². The van der Waals surface area contributed by atoms with Crippen molar-refractivity contribution < 1.29 is 4.79 Å². The number of pyridine rings is 1. The van der Waals surface area contributed by atoms with Crippen LogP contribution in [-0.2, 0) is 4.79 Å². The molecule has 0 fully saturated rings. The van der Waals surface area contributed by atoms with Gasteiger partial charge in [-0.05, 0) is 17.5 Å². The molecular weight excluding hydrogens is 394 g/mol. The second-order valence-corrected chi connectivity index (χ2v) is 7.58. The lowest BCUT2D eigenvalue weighted by molar-refractivity contribution is -0.113. The summed E-state index contributed by atoms with van der Waals surface area (Å²) in [4.78, 5) is 20.9. The number of anilines is 1. The third-order valence-electron chi connectivity index (χ3n) is 4.41. The Morgan fingerprint density at radius 1 is 1.00 bits per heavy atom. The molecule has 0 aliphatic heterocycles. The molecule has 2 aromatic carbocycles. The Hall–Kier alpha value is -3.03. The van der Waals surface area contributed by atoms with Gasteiger partial charge in [-0.25, -0.2) is 9.97 Å². The van der Waals surface area contributed by atoms with E-state index in [2.05, 4.69) is 37.6 Å². The van der Waals surface area contributed by atoms with E-state index >= 15 is 0 Å². The van der Waals surface area contributed by atoms with Crippen LogP contribution in [0.15, 0.2) is 59.9 Å². The number of rotatable bonds is 4. The third kappa shape index (κ3) is 2.98. The van der Waals surface area contributed by atoms with Crippen LogP contribution in [0.25, 0.3) is 33.3 Å². The fourth-order valence-electron chi connectivity index (χ4n) is 3.24. The average Bonchev–Trinajstić information content (AvgIpc) is 3.04. The first-order chi connectivity index (χ1) is 13.7. The maximum Gasteiger partial charge on any atom is 0.236 e. The van der Waals surface area contributed by atoms with Crippen molar-refractivity contribution in [2.24, 2.45) is 0 Å². The molecule has 4 aromatic rings. The molecular formula is C20H12ClN5OS. The van der Waals surface area contributed by atoms with Crippen molar-refractivity contribution in [1.82, 2.24) is 20.2 Å². The molecule has 0 radical (unpaired) electrons. The number of amides is 1. The molecule has 1 aliphatic rings. The maximum absolute atomic E-state index is 12.2. The predicted molar refractivity (Wildman–Crippen MR) is 110 cm³/mol. The lowest BCUT2D eigenvalue weighted by atomic mass is 10.0. The van der Waals surface area contributed by atoms with Gasteiger partial charge in [0.15, 0.2) is 0 Å². The molecule has 0 saturated heterocycles. The zero-order valence-corrected chi connectivity index (χ0v) is 16.0. The van der Waals surface area contributed by atoms with Crippen LogP contribution in [0.4, 0.5) is 5.82 Å². The van der Waals surface area contributed by atoms with Gasteiger partial charge in [0.1, 0.15) is 17.2 Å². The van der Waals surface area contributed by atoms with E-state index in [1.807, 2.05) is 24.3 Å². The van der Waals surface area contributed by atoms with Gasteiger partial charge in [-0.2, -0.15) is 0 Å². The molecule has 5 rings (SSSR count). The normalized spacial score (nSPS) is 11.5. The van der Waals surface area contributed by atoms with Crippen LogP contribution < -0.4 is 5.32 Å². The average molecular weight is 406 g/mol. The molecule has 6 nitrogen and oxygen atoms in total. The molecule has 1 amide bonds. The van der Waals surface area contributed by atoms with E-state index < -0.39 is 0 Å². The molecule has 1 N–H and O–H groups in total. The highest BCUT2D eigenvalue weighted by Crippen LogP contribution is 2.44. The number of hydrogen-bond donors (Lipinski definition) is 1. The van der Waals surface area contributed by atoms with Gasteiger partial charge in [0.25, 0.3) is 0 Å². The van der Waals surface area contributed by atoms with E-state index in [9.17, 15) is 4.79 Å². The van der Waals surface area contributed by atoms with Crippen molar-refractivity contribution in [2.75, 3.05) is 11.1 Å². The van der Waals surface area contributed by atoms with E-state index in [0.717, 1.165) is 33.3 Å². The summed E-state index contributed by atoms with van der Waals surface area (Å²) in [7, 11) is 0. The zero-order chi connectivity index (χ0) is 19.1. The fourth-order valence-corrected chi connectivity index (χ4v) is 3.93. The number of benzene rings is 2. The summed E-state index contributed by atoms with van der Waals surface area (Å²) >= 11 is 7.03. The second-order valence-electron chi connectivity index (χ2n) is 6.20. The molecule has 1 aliphatic carbocycles. The number of nitrogens with one attached hydrogen (secondary N) is 1. The van der Waals surface area contributed by atoms with Crippen LogP contribution in [0.3, 0.4) is 0 Å². The van der Waals surface area contributed by atoms with E-state index in [0.29, 0.717) is 16.0 Å². The molecule has 2 aromatic heterocycles. The SMILES string of the molecule is O=C(CSc1nnc2c(n1)-c1cccc3cccc-2c13)Nc1ccc(Cl)cn1. The minimum absolute atomic E-state index is 0.155. The van der Waals surface area contributed by atoms with E-state index in [1.54, 1.807) is 12.1 Å².